The van der Waals surface area contributed by atoms with E-state index in [0.29, 0.717) is 16.0 Å². The number of rotatable bonds is 1. The Kier molecular flexibility index (Phi) is 3.15. The molecule has 0 heterocycles. The molecule has 0 amide bonds. The second kappa shape index (κ2) is 4.16. The van der Waals surface area contributed by atoms with Crippen LogP contribution in [0.2, 0.25) is 0 Å². The topological polar surface area (TPSA) is 50.1 Å². The van der Waals surface area contributed by atoms with E-state index in [4.69, 9.17) is 5.26 Å². The number of aryl methyl sites for hydroxylation is 1. The molecule has 0 radical (unpaired) electrons. The van der Waals surface area contributed by atoms with Crippen LogP contribution in [0.25, 0.3) is 0 Å². The van der Waals surface area contributed by atoms with Gasteiger partial charge in [-0.3, -0.25) is 0 Å². The van der Waals surface area contributed by atoms with Crippen LogP contribution in [0.3, 0.4) is 0 Å². The number of carbonyl (C=O) groups excluding carboxylic acids is 1. The van der Waals surface area contributed by atoms with Gasteiger partial charge in [-0.2, -0.15) is 5.26 Å². The molecule has 1 aromatic carbocycles. The average molecular weight is 207 g/mol. The number of hydrogen-bond donors (Lipinski definition) is 1. The summed E-state index contributed by atoms with van der Waals surface area (Å²) in [6.07, 6.45) is 0. The van der Waals surface area contributed by atoms with Crippen LogP contribution < -0.4 is 0 Å². The van der Waals surface area contributed by atoms with E-state index < -0.39 is 5.97 Å². The molecule has 0 unspecified atom stereocenters. The van der Waals surface area contributed by atoms with Crippen LogP contribution in [-0.2, 0) is 4.74 Å². The number of carbonyl (C=O) groups is 1. The zero-order chi connectivity index (χ0) is 10.7. The van der Waals surface area contributed by atoms with Crippen molar-refractivity contribution in [1.29, 1.82) is 5.26 Å². The molecule has 1 aromatic rings. The van der Waals surface area contributed by atoms with Gasteiger partial charge in [0.05, 0.1) is 18.2 Å². The van der Waals surface area contributed by atoms with Crippen molar-refractivity contribution in [2.45, 2.75) is 11.8 Å². The van der Waals surface area contributed by atoms with Crippen LogP contribution in [0.4, 0.5) is 0 Å². The van der Waals surface area contributed by atoms with E-state index in [-0.39, 0.29) is 0 Å². The predicted molar refractivity (Wildman–Crippen MR) is 54.5 cm³/mol. The molecule has 0 saturated heterocycles. The second-order valence-corrected chi connectivity index (χ2v) is 3.20. The van der Waals surface area contributed by atoms with Crippen molar-refractivity contribution in [2.75, 3.05) is 7.11 Å². The molecule has 4 heteroatoms. The van der Waals surface area contributed by atoms with Crippen molar-refractivity contribution in [1.82, 2.24) is 0 Å². The van der Waals surface area contributed by atoms with E-state index in [1.807, 2.05) is 6.07 Å². The van der Waals surface area contributed by atoms with Crippen LogP contribution in [0.1, 0.15) is 21.5 Å². The fourth-order valence-corrected chi connectivity index (χ4v) is 1.50. The van der Waals surface area contributed by atoms with Crippen molar-refractivity contribution >= 4 is 18.6 Å². The van der Waals surface area contributed by atoms with Gasteiger partial charge in [-0.25, -0.2) is 4.79 Å². The summed E-state index contributed by atoms with van der Waals surface area (Å²) in [4.78, 5) is 11.6. The molecule has 0 saturated carbocycles. The van der Waals surface area contributed by atoms with Gasteiger partial charge in [0.25, 0.3) is 0 Å². The standard InChI is InChI=1S/C10H9NO2S/c1-6-3-4-7(10(12)13-2)9(14)8(6)5-11/h3-4,14H,1-2H3. The maximum atomic E-state index is 11.2. The van der Waals surface area contributed by atoms with Crippen molar-refractivity contribution in [3.8, 4) is 6.07 Å². The third-order valence-electron chi connectivity index (χ3n) is 1.90. The zero-order valence-electron chi connectivity index (χ0n) is 7.87. The lowest BCUT2D eigenvalue weighted by atomic mass is 10.1. The number of esters is 1. The maximum absolute atomic E-state index is 11.2. The Morgan fingerprint density at radius 1 is 1.57 bits per heavy atom. The van der Waals surface area contributed by atoms with Crippen molar-refractivity contribution < 1.29 is 9.53 Å². The van der Waals surface area contributed by atoms with E-state index in [9.17, 15) is 4.79 Å². The summed E-state index contributed by atoms with van der Waals surface area (Å²) >= 11 is 4.13. The van der Waals surface area contributed by atoms with E-state index >= 15 is 0 Å². The summed E-state index contributed by atoms with van der Waals surface area (Å²) in [6, 6.07) is 5.30. The first kappa shape index (κ1) is 10.6. The van der Waals surface area contributed by atoms with Gasteiger partial charge in [0.1, 0.15) is 6.07 Å². The van der Waals surface area contributed by atoms with Gasteiger partial charge in [-0.05, 0) is 18.6 Å². The van der Waals surface area contributed by atoms with Crippen LogP contribution in [0, 0.1) is 18.3 Å². The highest BCUT2D eigenvalue weighted by Gasteiger charge is 2.14. The molecular formula is C10H9NO2S. The fourth-order valence-electron chi connectivity index (χ4n) is 1.11. The number of nitriles is 1. The quantitative estimate of drug-likeness (QED) is 0.565. The van der Waals surface area contributed by atoms with E-state index in [1.54, 1.807) is 19.1 Å². The first-order chi connectivity index (χ1) is 6.61. The van der Waals surface area contributed by atoms with E-state index in [2.05, 4.69) is 17.4 Å². The molecule has 0 fully saturated rings. The largest absolute Gasteiger partial charge is 0.465 e. The third kappa shape index (κ3) is 1.73. The number of benzene rings is 1. The zero-order valence-corrected chi connectivity index (χ0v) is 8.76. The first-order valence-electron chi connectivity index (χ1n) is 3.92. The molecule has 0 bridgehead atoms. The fraction of sp³-hybridized carbons (Fsp3) is 0.200. The van der Waals surface area contributed by atoms with Crippen LogP contribution in [-0.4, -0.2) is 13.1 Å². The number of hydrogen-bond acceptors (Lipinski definition) is 4. The first-order valence-corrected chi connectivity index (χ1v) is 4.37. The normalized spacial score (nSPS) is 9.29. The summed E-state index contributed by atoms with van der Waals surface area (Å²) < 4.78 is 4.56. The van der Waals surface area contributed by atoms with Gasteiger partial charge < -0.3 is 4.74 Å². The predicted octanol–water partition coefficient (Wildman–Crippen LogP) is 1.94. The molecular weight excluding hydrogens is 198 g/mol. The molecule has 0 aliphatic rings. The molecule has 0 N–H and O–H groups in total. The molecule has 0 aliphatic heterocycles. The van der Waals surface area contributed by atoms with Crippen LogP contribution in [0.5, 0.6) is 0 Å². The van der Waals surface area contributed by atoms with Crippen molar-refractivity contribution in [3.63, 3.8) is 0 Å². The number of nitrogens with zero attached hydrogens (tertiary/aromatic N) is 1. The Morgan fingerprint density at radius 2 is 2.21 bits per heavy atom. The lowest BCUT2D eigenvalue weighted by Gasteiger charge is -2.06. The van der Waals surface area contributed by atoms with Gasteiger partial charge in [-0.15, -0.1) is 12.6 Å². The molecule has 3 nitrogen and oxygen atoms in total. The Balaban J connectivity index is 3.37. The summed E-state index contributed by atoms with van der Waals surface area (Å²) in [5.41, 5.74) is 1.53. The van der Waals surface area contributed by atoms with E-state index in [1.165, 1.54) is 7.11 Å². The van der Waals surface area contributed by atoms with Gasteiger partial charge in [0, 0.05) is 4.90 Å². The lowest BCUT2D eigenvalue weighted by Crippen LogP contribution is -2.04. The Labute approximate surface area is 87.7 Å². The minimum atomic E-state index is -0.480. The lowest BCUT2D eigenvalue weighted by molar-refractivity contribution is 0.0597. The molecule has 14 heavy (non-hydrogen) atoms. The SMILES string of the molecule is COC(=O)c1ccc(C)c(C#N)c1S. The molecule has 72 valence electrons. The van der Waals surface area contributed by atoms with E-state index in [0.717, 1.165) is 5.56 Å². The van der Waals surface area contributed by atoms with Crippen LogP contribution >= 0.6 is 12.6 Å². The maximum Gasteiger partial charge on any atom is 0.339 e. The van der Waals surface area contributed by atoms with Crippen molar-refractivity contribution in [2.24, 2.45) is 0 Å². The summed E-state index contributed by atoms with van der Waals surface area (Å²) in [6.45, 7) is 1.79. The monoisotopic (exact) mass is 207 g/mol. The molecule has 1 rings (SSSR count). The highest BCUT2D eigenvalue weighted by Crippen LogP contribution is 2.22. The number of thiol groups is 1. The second-order valence-electron chi connectivity index (χ2n) is 2.76. The summed E-state index contributed by atoms with van der Waals surface area (Å²) in [5.74, 6) is -0.480. The minimum absolute atomic E-state index is 0.318. The molecule has 0 aliphatic carbocycles. The van der Waals surface area contributed by atoms with Crippen molar-refractivity contribution in [3.05, 3.63) is 28.8 Å². The Morgan fingerprint density at radius 3 is 2.71 bits per heavy atom. The van der Waals surface area contributed by atoms with Gasteiger partial charge in [0.2, 0.25) is 0 Å². The third-order valence-corrected chi connectivity index (χ3v) is 2.37. The molecule has 0 atom stereocenters. The summed E-state index contributed by atoms with van der Waals surface area (Å²) in [5, 5.41) is 8.83. The number of methoxy groups -OCH3 is 1. The average Bonchev–Trinajstić information content (AvgIpc) is 2.18. The highest BCUT2D eigenvalue weighted by molar-refractivity contribution is 7.80. The summed E-state index contributed by atoms with van der Waals surface area (Å²) in [7, 11) is 1.29. The minimum Gasteiger partial charge on any atom is -0.465 e. The van der Waals surface area contributed by atoms with Crippen LogP contribution in [0.15, 0.2) is 17.0 Å². The van der Waals surface area contributed by atoms with Gasteiger partial charge >= 0.3 is 5.97 Å². The highest BCUT2D eigenvalue weighted by atomic mass is 32.1. The van der Waals surface area contributed by atoms with Gasteiger partial charge in [-0.1, -0.05) is 6.07 Å². The Bertz CT molecular complexity index is 421. The molecule has 0 spiro atoms. The molecule has 0 aromatic heterocycles. The van der Waals surface area contributed by atoms with Gasteiger partial charge in [0.15, 0.2) is 0 Å². The number of ether oxygens (including phenoxy) is 1. The Hall–Kier alpha value is -1.47. The smallest absolute Gasteiger partial charge is 0.339 e.